The number of piperidine rings is 1. The molecule has 1 aliphatic heterocycles. The Kier molecular flexibility index (Phi) is 7.90. The van der Waals surface area contributed by atoms with Crippen LogP contribution in [0.4, 0.5) is 0 Å². The molecule has 0 aromatic carbocycles. The number of ether oxygens (including phenoxy) is 1. The summed E-state index contributed by atoms with van der Waals surface area (Å²) in [6.07, 6.45) is 4.03. The van der Waals surface area contributed by atoms with Crippen LogP contribution in [0.5, 0.6) is 0 Å². The Morgan fingerprint density at radius 2 is 2.12 bits per heavy atom. The molecule has 26 heavy (non-hydrogen) atoms. The minimum absolute atomic E-state index is 0.0332. The van der Waals surface area contributed by atoms with Crippen LogP contribution in [0.15, 0.2) is 15.6 Å². The van der Waals surface area contributed by atoms with E-state index in [-0.39, 0.29) is 5.41 Å². The van der Waals surface area contributed by atoms with Gasteiger partial charge in [0.25, 0.3) is 0 Å². The van der Waals surface area contributed by atoms with Crippen LogP contribution in [-0.4, -0.2) is 61.8 Å². The van der Waals surface area contributed by atoms with Gasteiger partial charge in [-0.3, -0.25) is 0 Å². The highest BCUT2D eigenvalue weighted by Gasteiger charge is 2.21. The van der Waals surface area contributed by atoms with E-state index in [1.165, 1.54) is 0 Å². The molecule has 7 nitrogen and oxygen atoms in total. The van der Waals surface area contributed by atoms with Gasteiger partial charge in [0.2, 0.25) is 5.89 Å². The lowest BCUT2D eigenvalue weighted by molar-refractivity contribution is 0.128. The highest BCUT2D eigenvalue weighted by atomic mass is 16.5. The highest BCUT2D eigenvalue weighted by molar-refractivity contribution is 5.80. The number of guanidine groups is 1. The zero-order chi connectivity index (χ0) is 19.0. The monoisotopic (exact) mass is 365 g/mol. The van der Waals surface area contributed by atoms with E-state index in [0.717, 1.165) is 57.3 Å². The largest absolute Gasteiger partial charge is 0.443 e. The Morgan fingerprint density at radius 3 is 2.69 bits per heavy atom. The molecule has 2 heterocycles. The van der Waals surface area contributed by atoms with Crippen LogP contribution in [-0.2, 0) is 16.7 Å². The van der Waals surface area contributed by atoms with E-state index in [1.807, 2.05) is 0 Å². The van der Waals surface area contributed by atoms with E-state index < -0.39 is 0 Å². The van der Waals surface area contributed by atoms with Gasteiger partial charge in [0.15, 0.2) is 5.96 Å². The number of oxazole rings is 1. The summed E-state index contributed by atoms with van der Waals surface area (Å²) in [6, 6.07) is 0.446. The number of nitrogens with zero attached hydrogens (tertiary/aromatic N) is 3. The van der Waals surface area contributed by atoms with Gasteiger partial charge in [0.05, 0.1) is 12.8 Å². The molecular weight excluding hydrogens is 330 g/mol. The van der Waals surface area contributed by atoms with Crippen LogP contribution in [0, 0.1) is 0 Å². The molecule has 0 aliphatic carbocycles. The number of methoxy groups -OCH3 is 1. The van der Waals surface area contributed by atoms with Crippen LogP contribution in [0.1, 0.15) is 52.2 Å². The summed E-state index contributed by atoms with van der Waals surface area (Å²) in [6.45, 7) is 13.7. The fourth-order valence-electron chi connectivity index (χ4n) is 2.91. The Bertz CT molecular complexity index is 557. The first-order valence-electron chi connectivity index (χ1n) is 9.63. The van der Waals surface area contributed by atoms with Gasteiger partial charge in [-0.2, -0.15) is 0 Å². The van der Waals surface area contributed by atoms with Gasteiger partial charge < -0.3 is 24.7 Å². The molecule has 0 amide bonds. The summed E-state index contributed by atoms with van der Waals surface area (Å²) in [4.78, 5) is 11.4. The van der Waals surface area contributed by atoms with E-state index >= 15 is 0 Å². The third-order valence-electron chi connectivity index (χ3n) is 4.55. The van der Waals surface area contributed by atoms with E-state index in [4.69, 9.17) is 9.15 Å². The molecule has 7 heteroatoms. The Morgan fingerprint density at radius 1 is 1.38 bits per heavy atom. The van der Waals surface area contributed by atoms with E-state index in [1.54, 1.807) is 13.3 Å². The molecule has 0 saturated carbocycles. The second-order valence-corrected chi connectivity index (χ2v) is 7.82. The molecule has 0 bridgehead atoms. The standard InChI is InChI=1S/C19H35N5O2/c1-6-20-18(22-14-17-21-13-16(26-17)19(2,3)4)23-15-7-9-24(10-8-15)11-12-25-5/h13,15H,6-12,14H2,1-5H3,(H2,20,22,23). The van der Waals surface area contributed by atoms with Crippen molar-refractivity contribution in [2.75, 3.05) is 39.9 Å². The molecule has 2 N–H and O–H groups in total. The predicted octanol–water partition coefficient (Wildman–Crippen LogP) is 2.14. The summed E-state index contributed by atoms with van der Waals surface area (Å²) >= 11 is 0. The van der Waals surface area contributed by atoms with Gasteiger partial charge in [0, 0.05) is 44.7 Å². The van der Waals surface area contributed by atoms with Gasteiger partial charge in [-0.1, -0.05) is 20.8 Å². The summed E-state index contributed by atoms with van der Waals surface area (Å²) in [5.41, 5.74) is -0.0332. The van der Waals surface area contributed by atoms with E-state index in [9.17, 15) is 0 Å². The SMILES string of the molecule is CCNC(=NCc1ncc(C(C)(C)C)o1)NC1CCN(CCOC)CC1. The van der Waals surface area contributed by atoms with Crippen LogP contribution in [0.25, 0.3) is 0 Å². The lowest BCUT2D eigenvalue weighted by atomic mass is 9.94. The Balaban J connectivity index is 1.86. The second-order valence-electron chi connectivity index (χ2n) is 7.82. The lowest BCUT2D eigenvalue weighted by Gasteiger charge is -2.32. The molecule has 2 rings (SSSR count). The van der Waals surface area contributed by atoms with Crippen molar-refractivity contribution >= 4 is 5.96 Å². The molecule has 0 atom stereocenters. The number of aliphatic imine (C=N–C) groups is 1. The summed E-state index contributed by atoms with van der Waals surface area (Å²) in [5.74, 6) is 2.38. The van der Waals surface area contributed by atoms with Gasteiger partial charge in [-0.25, -0.2) is 9.98 Å². The Hall–Kier alpha value is -1.60. The molecule has 1 fully saturated rings. The Labute approximate surface area is 157 Å². The van der Waals surface area contributed by atoms with Crippen molar-refractivity contribution in [1.29, 1.82) is 0 Å². The van der Waals surface area contributed by atoms with Crippen molar-refractivity contribution in [3.05, 3.63) is 17.8 Å². The lowest BCUT2D eigenvalue weighted by Crippen LogP contribution is -2.49. The number of likely N-dealkylation sites (tertiary alicyclic amines) is 1. The molecule has 148 valence electrons. The first kappa shape index (κ1) is 20.7. The van der Waals surface area contributed by atoms with Crippen LogP contribution in [0.2, 0.25) is 0 Å². The highest BCUT2D eigenvalue weighted by Crippen LogP contribution is 2.22. The van der Waals surface area contributed by atoms with E-state index in [0.29, 0.717) is 18.5 Å². The van der Waals surface area contributed by atoms with E-state index in [2.05, 4.69) is 53.2 Å². The summed E-state index contributed by atoms with van der Waals surface area (Å²) in [5, 5.41) is 6.87. The normalized spacial score (nSPS) is 17.5. The molecule has 1 aromatic rings. The average molecular weight is 366 g/mol. The topological polar surface area (TPSA) is 74.9 Å². The van der Waals surface area contributed by atoms with Crippen LogP contribution in [0.3, 0.4) is 0 Å². The van der Waals surface area contributed by atoms with Crippen molar-refractivity contribution in [2.45, 2.75) is 58.5 Å². The van der Waals surface area contributed by atoms with Gasteiger partial charge >= 0.3 is 0 Å². The number of hydrogen-bond donors (Lipinski definition) is 2. The maximum absolute atomic E-state index is 5.83. The first-order chi connectivity index (χ1) is 12.4. The van der Waals surface area contributed by atoms with Crippen molar-refractivity contribution < 1.29 is 9.15 Å². The first-order valence-corrected chi connectivity index (χ1v) is 9.63. The number of rotatable bonds is 7. The predicted molar refractivity (Wildman–Crippen MR) is 104 cm³/mol. The molecule has 1 aromatic heterocycles. The molecule has 0 radical (unpaired) electrons. The quantitative estimate of drug-likeness (QED) is 0.570. The maximum Gasteiger partial charge on any atom is 0.216 e. The smallest absolute Gasteiger partial charge is 0.216 e. The summed E-state index contributed by atoms with van der Waals surface area (Å²) in [7, 11) is 1.76. The minimum atomic E-state index is -0.0332. The maximum atomic E-state index is 5.83. The van der Waals surface area contributed by atoms with Crippen molar-refractivity contribution in [3.63, 3.8) is 0 Å². The second kappa shape index (κ2) is 9.92. The minimum Gasteiger partial charge on any atom is -0.443 e. The molecule has 0 unspecified atom stereocenters. The zero-order valence-corrected chi connectivity index (χ0v) is 17.0. The molecular formula is C19H35N5O2. The fraction of sp³-hybridized carbons (Fsp3) is 0.789. The van der Waals surface area contributed by atoms with Crippen molar-refractivity contribution in [3.8, 4) is 0 Å². The third kappa shape index (κ3) is 6.61. The van der Waals surface area contributed by atoms with Gasteiger partial charge in [0.1, 0.15) is 12.3 Å². The number of aromatic nitrogens is 1. The van der Waals surface area contributed by atoms with Gasteiger partial charge in [-0.05, 0) is 19.8 Å². The van der Waals surface area contributed by atoms with Crippen LogP contribution < -0.4 is 10.6 Å². The molecule has 1 aliphatic rings. The molecule has 1 saturated heterocycles. The van der Waals surface area contributed by atoms with Crippen molar-refractivity contribution in [2.24, 2.45) is 4.99 Å². The zero-order valence-electron chi connectivity index (χ0n) is 17.0. The van der Waals surface area contributed by atoms with Crippen LogP contribution >= 0.6 is 0 Å². The van der Waals surface area contributed by atoms with Crippen molar-refractivity contribution in [1.82, 2.24) is 20.5 Å². The fourth-order valence-corrected chi connectivity index (χ4v) is 2.91. The third-order valence-corrected chi connectivity index (χ3v) is 4.55. The number of nitrogens with one attached hydrogen (secondary N) is 2. The number of hydrogen-bond acceptors (Lipinski definition) is 5. The summed E-state index contributed by atoms with van der Waals surface area (Å²) < 4.78 is 11.0. The molecule has 0 spiro atoms. The van der Waals surface area contributed by atoms with Gasteiger partial charge in [-0.15, -0.1) is 0 Å². The average Bonchev–Trinajstić information content (AvgIpc) is 3.09.